The van der Waals surface area contributed by atoms with Crippen molar-refractivity contribution in [3.05, 3.63) is 0 Å². The Morgan fingerprint density at radius 3 is 2.24 bits per heavy atom. The first-order valence-corrected chi connectivity index (χ1v) is 8.38. The summed E-state index contributed by atoms with van der Waals surface area (Å²) in [4.78, 5) is 23.3. The summed E-state index contributed by atoms with van der Waals surface area (Å²) in [5.41, 5.74) is 0. The maximum Gasteiger partial charge on any atom is 0.306 e. The van der Waals surface area contributed by atoms with Crippen molar-refractivity contribution in [1.29, 1.82) is 0 Å². The van der Waals surface area contributed by atoms with Gasteiger partial charge in [-0.3, -0.25) is 9.59 Å². The van der Waals surface area contributed by atoms with E-state index in [0.717, 1.165) is 19.3 Å². The molecule has 1 rings (SSSR count). The fraction of sp³-hybridized carbons (Fsp3) is 0.882. The SMILES string of the molecule is CCC(OC(=O)CCC(=O)OCC1CCCCC1)C(C)C. The first kappa shape index (κ1) is 18.0. The van der Waals surface area contributed by atoms with Gasteiger partial charge in [0.05, 0.1) is 19.4 Å². The molecule has 4 heteroatoms. The fourth-order valence-electron chi connectivity index (χ4n) is 2.76. The minimum atomic E-state index is -0.301. The van der Waals surface area contributed by atoms with E-state index in [1.54, 1.807) is 0 Å². The van der Waals surface area contributed by atoms with E-state index in [2.05, 4.69) is 0 Å². The molecule has 122 valence electrons. The Bertz CT molecular complexity index is 319. The van der Waals surface area contributed by atoms with Crippen LogP contribution in [0.5, 0.6) is 0 Å². The zero-order chi connectivity index (χ0) is 15.7. The van der Waals surface area contributed by atoms with Crippen LogP contribution in [-0.4, -0.2) is 24.6 Å². The highest BCUT2D eigenvalue weighted by Gasteiger charge is 2.19. The molecule has 0 saturated heterocycles. The summed E-state index contributed by atoms with van der Waals surface area (Å²) < 4.78 is 10.6. The number of ether oxygens (including phenoxy) is 2. The molecular weight excluding hydrogens is 268 g/mol. The van der Waals surface area contributed by atoms with Gasteiger partial charge in [0.15, 0.2) is 0 Å². The Kier molecular flexibility index (Phi) is 8.40. The van der Waals surface area contributed by atoms with Gasteiger partial charge in [-0.2, -0.15) is 0 Å². The summed E-state index contributed by atoms with van der Waals surface area (Å²) in [5, 5.41) is 0. The lowest BCUT2D eigenvalue weighted by atomic mass is 9.90. The van der Waals surface area contributed by atoms with Gasteiger partial charge in [-0.1, -0.05) is 40.0 Å². The molecule has 0 aromatic carbocycles. The Morgan fingerprint density at radius 1 is 1.05 bits per heavy atom. The quantitative estimate of drug-likeness (QED) is 0.638. The monoisotopic (exact) mass is 298 g/mol. The number of rotatable bonds is 8. The van der Waals surface area contributed by atoms with Gasteiger partial charge in [-0.15, -0.1) is 0 Å². The minimum absolute atomic E-state index is 0.0595. The van der Waals surface area contributed by atoms with Crippen LogP contribution in [0.4, 0.5) is 0 Å². The molecule has 1 unspecified atom stereocenters. The van der Waals surface area contributed by atoms with Crippen LogP contribution in [0, 0.1) is 11.8 Å². The topological polar surface area (TPSA) is 52.6 Å². The third-order valence-corrected chi connectivity index (χ3v) is 4.17. The number of carbonyl (C=O) groups is 2. The van der Waals surface area contributed by atoms with Crippen LogP contribution in [0.3, 0.4) is 0 Å². The van der Waals surface area contributed by atoms with Crippen molar-refractivity contribution < 1.29 is 19.1 Å². The van der Waals surface area contributed by atoms with Gasteiger partial charge in [-0.25, -0.2) is 0 Å². The molecule has 0 aromatic heterocycles. The average Bonchev–Trinajstić information content (AvgIpc) is 2.49. The van der Waals surface area contributed by atoms with Crippen LogP contribution in [0.2, 0.25) is 0 Å². The molecule has 0 aliphatic heterocycles. The van der Waals surface area contributed by atoms with Gasteiger partial charge >= 0.3 is 11.9 Å². The van der Waals surface area contributed by atoms with Crippen molar-refractivity contribution >= 4 is 11.9 Å². The third kappa shape index (κ3) is 7.49. The molecule has 1 aliphatic carbocycles. The Labute approximate surface area is 128 Å². The molecule has 1 saturated carbocycles. The summed E-state index contributed by atoms with van der Waals surface area (Å²) in [7, 11) is 0. The lowest BCUT2D eigenvalue weighted by Gasteiger charge is -2.21. The highest BCUT2D eigenvalue weighted by Crippen LogP contribution is 2.23. The van der Waals surface area contributed by atoms with E-state index < -0.39 is 0 Å². The van der Waals surface area contributed by atoms with Crippen LogP contribution >= 0.6 is 0 Å². The number of hydrogen-bond donors (Lipinski definition) is 0. The van der Waals surface area contributed by atoms with E-state index in [4.69, 9.17) is 9.47 Å². The second kappa shape index (κ2) is 9.80. The van der Waals surface area contributed by atoms with Gasteiger partial charge in [0, 0.05) is 0 Å². The van der Waals surface area contributed by atoms with E-state index >= 15 is 0 Å². The summed E-state index contributed by atoms with van der Waals surface area (Å²) in [6.45, 7) is 6.56. The highest BCUT2D eigenvalue weighted by atomic mass is 16.5. The first-order chi connectivity index (χ1) is 10.0. The van der Waals surface area contributed by atoms with Crippen molar-refractivity contribution in [1.82, 2.24) is 0 Å². The molecule has 0 bridgehead atoms. The smallest absolute Gasteiger partial charge is 0.306 e. The molecule has 1 fully saturated rings. The molecule has 0 aromatic rings. The molecule has 21 heavy (non-hydrogen) atoms. The lowest BCUT2D eigenvalue weighted by molar-refractivity contribution is -0.155. The molecule has 0 radical (unpaired) electrons. The molecule has 4 nitrogen and oxygen atoms in total. The zero-order valence-electron chi connectivity index (χ0n) is 13.7. The van der Waals surface area contributed by atoms with Crippen molar-refractivity contribution in [3.63, 3.8) is 0 Å². The maximum atomic E-state index is 11.7. The summed E-state index contributed by atoms with van der Waals surface area (Å²) in [6, 6.07) is 0. The minimum Gasteiger partial charge on any atom is -0.465 e. The molecular formula is C17H30O4. The van der Waals surface area contributed by atoms with Crippen LogP contribution in [-0.2, 0) is 19.1 Å². The van der Waals surface area contributed by atoms with E-state index in [-0.39, 0.29) is 30.9 Å². The van der Waals surface area contributed by atoms with E-state index in [0.29, 0.717) is 18.4 Å². The van der Waals surface area contributed by atoms with E-state index in [1.165, 1.54) is 19.3 Å². The van der Waals surface area contributed by atoms with Crippen molar-refractivity contribution in [2.24, 2.45) is 11.8 Å². The van der Waals surface area contributed by atoms with E-state index in [9.17, 15) is 9.59 Å². The third-order valence-electron chi connectivity index (χ3n) is 4.17. The Morgan fingerprint density at radius 2 is 1.67 bits per heavy atom. The highest BCUT2D eigenvalue weighted by molar-refractivity contribution is 5.77. The molecule has 1 aliphatic rings. The van der Waals surface area contributed by atoms with Gasteiger partial charge in [0.25, 0.3) is 0 Å². The van der Waals surface area contributed by atoms with Gasteiger partial charge in [0.2, 0.25) is 0 Å². The predicted molar refractivity (Wildman–Crippen MR) is 81.8 cm³/mol. The lowest BCUT2D eigenvalue weighted by Crippen LogP contribution is -2.23. The second-order valence-corrected chi connectivity index (χ2v) is 6.37. The Hall–Kier alpha value is -1.06. The van der Waals surface area contributed by atoms with Crippen molar-refractivity contribution in [3.8, 4) is 0 Å². The zero-order valence-corrected chi connectivity index (χ0v) is 13.7. The standard InChI is InChI=1S/C17H30O4/c1-4-15(13(2)3)21-17(19)11-10-16(18)20-12-14-8-6-5-7-9-14/h13-15H,4-12H2,1-3H3. The number of carbonyl (C=O) groups excluding carboxylic acids is 2. The Balaban J connectivity index is 2.15. The fourth-order valence-corrected chi connectivity index (χ4v) is 2.76. The van der Waals surface area contributed by atoms with Gasteiger partial charge in [-0.05, 0) is 31.1 Å². The van der Waals surface area contributed by atoms with Gasteiger partial charge < -0.3 is 9.47 Å². The number of hydrogen-bond acceptors (Lipinski definition) is 4. The molecule has 0 heterocycles. The normalized spacial score (nSPS) is 17.5. The van der Waals surface area contributed by atoms with Crippen molar-refractivity contribution in [2.75, 3.05) is 6.61 Å². The molecule has 1 atom stereocenters. The summed E-state index contributed by atoms with van der Waals surface area (Å²) in [6.07, 6.45) is 7.07. The van der Waals surface area contributed by atoms with Crippen molar-refractivity contribution in [2.45, 2.75) is 78.2 Å². The average molecular weight is 298 g/mol. The number of esters is 2. The summed E-state index contributed by atoms with van der Waals surface area (Å²) in [5.74, 6) is 0.234. The van der Waals surface area contributed by atoms with Crippen LogP contribution in [0.15, 0.2) is 0 Å². The van der Waals surface area contributed by atoms with E-state index in [1.807, 2.05) is 20.8 Å². The van der Waals surface area contributed by atoms with Gasteiger partial charge in [0.1, 0.15) is 6.10 Å². The van der Waals surface area contributed by atoms with Crippen LogP contribution < -0.4 is 0 Å². The first-order valence-electron chi connectivity index (χ1n) is 8.38. The second-order valence-electron chi connectivity index (χ2n) is 6.37. The largest absolute Gasteiger partial charge is 0.465 e. The maximum absolute atomic E-state index is 11.7. The molecule has 0 N–H and O–H groups in total. The van der Waals surface area contributed by atoms with Crippen LogP contribution in [0.1, 0.15) is 72.1 Å². The predicted octanol–water partition coefficient (Wildman–Crippen LogP) is 3.87. The molecule has 0 spiro atoms. The molecule has 0 amide bonds. The van der Waals surface area contributed by atoms with Crippen LogP contribution in [0.25, 0.3) is 0 Å². The summed E-state index contributed by atoms with van der Waals surface area (Å²) >= 11 is 0.